The maximum atomic E-state index is 12.2. The largest absolute Gasteiger partial charge is 0.483 e. The zero-order chi connectivity index (χ0) is 21.7. The Balaban J connectivity index is 0.000000806. The van der Waals surface area contributed by atoms with Gasteiger partial charge in [0.2, 0.25) is 5.91 Å². The molecule has 1 aromatic rings. The molecular formula is C21H31N3O6. The summed E-state index contributed by atoms with van der Waals surface area (Å²) in [4.78, 5) is 35.0. The van der Waals surface area contributed by atoms with E-state index in [2.05, 4.69) is 29.4 Å². The van der Waals surface area contributed by atoms with Crippen molar-refractivity contribution in [2.24, 2.45) is 17.8 Å². The fraction of sp³-hybridized carbons (Fsp3) is 0.667. The molecule has 0 radical (unpaired) electrons. The number of ether oxygens (including phenoxy) is 1. The SMILES string of the molecule is CC(C)CNC(=O)CN1C[C@@H]2[C@H](CNC(=O)c3ccco3)[C@H]3CC[C@]2(C1)O3.O=CO. The second-order valence-corrected chi connectivity index (χ2v) is 8.69. The van der Waals surface area contributed by atoms with Crippen LogP contribution in [0.1, 0.15) is 37.2 Å². The number of nitrogens with zero attached hydrogens (tertiary/aromatic N) is 1. The number of hydrogen-bond acceptors (Lipinski definition) is 6. The van der Waals surface area contributed by atoms with Crippen molar-refractivity contribution in [2.75, 3.05) is 32.7 Å². The van der Waals surface area contributed by atoms with Gasteiger partial charge in [-0.25, -0.2) is 0 Å². The second kappa shape index (κ2) is 9.61. The molecule has 3 aliphatic rings. The van der Waals surface area contributed by atoms with Crippen molar-refractivity contribution in [3.05, 3.63) is 24.2 Å². The lowest BCUT2D eigenvalue weighted by Gasteiger charge is -2.29. The van der Waals surface area contributed by atoms with E-state index in [-0.39, 0.29) is 30.0 Å². The molecule has 3 aliphatic heterocycles. The van der Waals surface area contributed by atoms with Crippen LogP contribution in [0.3, 0.4) is 0 Å². The summed E-state index contributed by atoms with van der Waals surface area (Å²) in [6, 6.07) is 3.38. The lowest BCUT2D eigenvalue weighted by Crippen LogP contribution is -2.41. The number of fused-ring (bicyclic) bond motifs is 1. The summed E-state index contributed by atoms with van der Waals surface area (Å²) in [6.45, 7) is 7.32. The number of rotatable bonds is 7. The lowest BCUT2D eigenvalue weighted by atomic mass is 9.73. The number of carbonyl (C=O) groups is 3. The van der Waals surface area contributed by atoms with Gasteiger partial charge in [-0.3, -0.25) is 19.3 Å². The molecule has 166 valence electrons. The fourth-order valence-corrected chi connectivity index (χ4v) is 4.96. The van der Waals surface area contributed by atoms with Crippen LogP contribution < -0.4 is 10.6 Å². The summed E-state index contributed by atoms with van der Waals surface area (Å²) in [5.74, 6) is 1.35. The minimum atomic E-state index is -0.250. The van der Waals surface area contributed by atoms with Gasteiger partial charge < -0.3 is 24.9 Å². The van der Waals surface area contributed by atoms with Crippen molar-refractivity contribution in [1.82, 2.24) is 15.5 Å². The van der Waals surface area contributed by atoms with Gasteiger partial charge in [0.25, 0.3) is 12.4 Å². The molecule has 3 saturated heterocycles. The Labute approximate surface area is 176 Å². The normalized spacial score (nSPS) is 29.2. The Morgan fingerprint density at radius 1 is 1.40 bits per heavy atom. The number of furan rings is 1. The molecule has 3 fully saturated rings. The predicted molar refractivity (Wildman–Crippen MR) is 108 cm³/mol. The Morgan fingerprint density at radius 3 is 2.83 bits per heavy atom. The Bertz CT molecular complexity index is 737. The number of nitrogens with one attached hydrogen (secondary N) is 2. The third-order valence-electron chi connectivity index (χ3n) is 6.17. The van der Waals surface area contributed by atoms with Gasteiger partial charge in [-0.1, -0.05) is 13.8 Å². The van der Waals surface area contributed by atoms with Crippen LogP contribution >= 0.6 is 0 Å². The number of carboxylic acid groups (broad SMARTS) is 1. The van der Waals surface area contributed by atoms with Crippen molar-refractivity contribution in [3.63, 3.8) is 0 Å². The van der Waals surface area contributed by atoms with E-state index in [0.29, 0.717) is 43.1 Å². The van der Waals surface area contributed by atoms with Gasteiger partial charge in [0.05, 0.1) is 24.5 Å². The first-order valence-electron chi connectivity index (χ1n) is 10.4. The highest BCUT2D eigenvalue weighted by Crippen LogP contribution is 2.54. The van der Waals surface area contributed by atoms with Crippen molar-refractivity contribution in [1.29, 1.82) is 0 Å². The Hall–Kier alpha value is -2.39. The van der Waals surface area contributed by atoms with Gasteiger partial charge in [0.15, 0.2) is 5.76 Å². The highest BCUT2D eigenvalue weighted by Gasteiger charge is 2.62. The molecule has 9 nitrogen and oxygen atoms in total. The molecule has 1 spiro atoms. The second-order valence-electron chi connectivity index (χ2n) is 8.69. The predicted octanol–water partition coefficient (Wildman–Crippen LogP) is 0.962. The molecular weight excluding hydrogens is 390 g/mol. The first-order valence-corrected chi connectivity index (χ1v) is 10.4. The van der Waals surface area contributed by atoms with Crippen LogP contribution in [0.2, 0.25) is 0 Å². The van der Waals surface area contributed by atoms with Gasteiger partial charge in [-0.15, -0.1) is 0 Å². The first kappa shape index (κ1) is 22.3. The highest BCUT2D eigenvalue weighted by molar-refractivity contribution is 5.91. The Kier molecular flexibility index (Phi) is 7.14. The molecule has 0 unspecified atom stereocenters. The van der Waals surface area contributed by atoms with Crippen molar-refractivity contribution >= 4 is 18.3 Å². The zero-order valence-corrected chi connectivity index (χ0v) is 17.5. The third-order valence-corrected chi connectivity index (χ3v) is 6.17. The van der Waals surface area contributed by atoms with E-state index in [1.807, 2.05) is 0 Å². The lowest BCUT2D eigenvalue weighted by molar-refractivity contribution is -0.123. The van der Waals surface area contributed by atoms with E-state index >= 15 is 0 Å². The van der Waals surface area contributed by atoms with E-state index in [1.165, 1.54) is 6.26 Å². The number of hydrogen-bond donors (Lipinski definition) is 3. The zero-order valence-electron chi connectivity index (χ0n) is 17.5. The van der Waals surface area contributed by atoms with Crippen molar-refractivity contribution < 1.29 is 28.6 Å². The average Bonchev–Trinajstić information content (AvgIpc) is 3.46. The highest BCUT2D eigenvalue weighted by atomic mass is 16.5. The standard InChI is InChI=1S/C20H29N3O4.CH2O2/c1-13(2)8-21-18(24)11-23-10-15-14(16-5-6-20(15,12-23)27-16)9-22-19(25)17-4-3-7-26-17;2-1-3/h3-4,7,13-16H,5-6,8-12H2,1-2H3,(H,21,24)(H,22,25);1H,(H,2,3)/t14-,15+,16+,20+;/m0./s1. The van der Waals surface area contributed by atoms with Crippen LogP contribution in [0, 0.1) is 17.8 Å². The van der Waals surface area contributed by atoms with Gasteiger partial charge in [0.1, 0.15) is 0 Å². The van der Waals surface area contributed by atoms with Crippen molar-refractivity contribution in [3.8, 4) is 0 Å². The molecule has 4 rings (SSSR count). The van der Waals surface area contributed by atoms with E-state index in [4.69, 9.17) is 19.1 Å². The summed E-state index contributed by atoms with van der Waals surface area (Å²) in [6.07, 6.45) is 3.80. The minimum Gasteiger partial charge on any atom is -0.483 e. The van der Waals surface area contributed by atoms with Crippen LogP contribution in [0.5, 0.6) is 0 Å². The van der Waals surface area contributed by atoms with Crippen LogP contribution in [0.25, 0.3) is 0 Å². The quantitative estimate of drug-likeness (QED) is 0.561. The molecule has 9 heteroatoms. The van der Waals surface area contributed by atoms with Crippen LogP contribution in [-0.4, -0.2) is 72.7 Å². The molecule has 30 heavy (non-hydrogen) atoms. The minimum absolute atomic E-state index is 0.0808. The molecule has 2 bridgehead atoms. The summed E-state index contributed by atoms with van der Waals surface area (Å²) in [5.41, 5.74) is -0.136. The first-order chi connectivity index (χ1) is 14.4. The van der Waals surface area contributed by atoms with Gasteiger partial charge >= 0.3 is 0 Å². The summed E-state index contributed by atoms with van der Waals surface area (Å²) in [5, 5.41) is 12.9. The maximum Gasteiger partial charge on any atom is 0.290 e. The molecule has 4 heterocycles. The topological polar surface area (TPSA) is 121 Å². The van der Waals surface area contributed by atoms with E-state index in [9.17, 15) is 9.59 Å². The molecule has 4 atom stereocenters. The third kappa shape index (κ3) is 4.84. The van der Waals surface area contributed by atoms with E-state index < -0.39 is 0 Å². The van der Waals surface area contributed by atoms with Gasteiger partial charge in [-0.2, -0.15) is 0 Å². The summed E-state index contributed by atoms with van der Waals surface area (Å²) < 4.78 is 11.5. The van der Waals surface area contributed by atoms with E-state index in [0.717, 1.165) is 25.9 Å². The number of amides is 2. The summed E-state index contributed by atoms with van der Waals surface area (Å²) >= 11 is 0. The monoisotopic (exact) mass is 421 g/mol. The molecule has 0 aromatic carbocycles. The Morgan fingerprint density at radius 2 is 2.17 bits per heavy atom. The van der Waals surface area contributed by atoms with Crippen LogP contribution in [0.4, 0.5) is 0 Å². The molecule has 2 amide bonds. The van der Waals surface area contributed by atoms with Crippen molar-refractivity contribution in [2.45, 2.75) is 38.4 Å². The smallest absolute Gasteiger partial charge is 0.290 e. The van der Waals surface area contributed by atoms with Crippen LogP contribution in [0.15, 0.2) is 22.8 Å². The fourth-order valence-electron chi connectivity index (χ4n) is 4.96. The number of carbonyl (C=O) groups excluding carboxylic acids is 2. The van der Waals surface area contributed by atoms with Crippen LogP contribution in [-0.2, 0) is 14.3 Å². The van der Waals surface area contributed by atoms with E-state index in [1.54, 1.807) is 12.1 Å². The molecule has 0 saturated carbocycles. The molecule has 0 aliphatic carbocycles. The number of likely N-dealkylation sites (tertiary alicyclic amines) is 1. The van der Waals surface area contributed by atoms with Gasteiger partial charge in [0, 0.05) is 38.0 Å². The average molecular weight is 421 g/mol. The molecule has 1 aromatic heterocycles. The summed E-state index contributed by atoms with van der Waals surface area (Å²) in [7, 11) is 0. The molecule has 3 N–H and O–H groups in total. The maximum absolute atomic E-state index is 12.2. The van der Waals surface area contributed by atoms with Gasteiger partial charge in [-0.05, 0) is 30.9 Å².